The van der Waals surface area contributed by atoms with Crippen LogP contribution in [0.5, 0.6) is 5.75 Å². The molecule has 0 radical (unpaired) electrons. The molecule has 1 saturated carbocycles. The number of aromatic nitrogens is 1. The summed E-state index contributed by atoms with van der Waals surface area (Å²) in [5.41, 5.74) is 1.19. The molecule has 252 valence electrons. The second-order valence-corrected chi connectivity index (χ2v) is 12.9. The molecule has 1 aromatic heterocycles. The summed E-state index contributed by atoms with van der Waals surface area (Å²) in [7, 11) is 1.79. The highest BCUT2D eigenvalue weighted by atomic mass is 16.5. The van der Waals surface area contributed by atoms with Crippen molar-refractivity contribution in [3.63, 3.8) is 0 Å². The fourth-order valence-corrected chi connectivity index (χ4v) is 6.05. The lowest BCUT2D eigenvalue weighted by molar-refractivity contribution is -0.0123. The van der Waals surface area contributed by atoms with Gasteiger partial charge in [0.25, 0.3) is 11.8 Å². The van der Waals surface area contributed by atoms with Crippen LogP contribution in [0, 0.1) is 5.92 Å². The minimum atomic E-state index is -0.504. The molecular weight excluding hydrogens is 586 g/mol. The maximum Gasteiger partial charge on any atom is 0.317 e. The molecule has 3 N–H and O–H groups in total. The third-order valence-electron chi connectivity index (χ3n) is 8.99. The summed E-state index contributed by atoms with van der Waals surface area (Å²) in [5.74, 6) is -0.388. The summed E-state index contributed by atoms with van der Waals surface area (Å²) in [6.45, 7) is 6.73. The van der Waals surface area contributed by atoms with Crippen molar-refractivity contribution in [2.45, 2.75) is 96.4 Å². The Morgan fingerprint density at radius 1 is 1.07 bits per heavy atom. The fraction of sp³-hybridized carbons (Fsp3) is 0.600. The molecular formula is C35H51N5O6. The van der Waals surface area contributed by atoms with E-state index in [1.807, 2.05) is 13.8 Å². The molecule has 1 aliphatic carbocycles. The first-order valence-electron chi connectivity index (χ1n) is 16.7. The standard InChI is InChI=1S/C35H51N5O6/c1-24-21-40(25(2)23-41)34(43)30-20-29(37-33(42)27-15-17-36-18-16-27)13-14-31(30)46-26(3)10-8-9-19-45-32(24)22-39(4)35(44)38-28-11-6-5-7-12-28/h13-18,20,24-26,28,32,41H,5-12,19,21-23H2,1-4H3,(H,37,42)(H,38,44)/t24-,25+,26-,32+/m1/s1. The number of ether oxygens (including phenoxy) is 2. The Hall–Kier alpha value is -3.70. The van der Waals surface area contributed by atoms with Crippen molar-refractivity contribution in [3.8, 4) is 5.75 Å². The van der Waals surface area contributed by atoms with E-state index in [0.717, 1.165) is 44.9 Å². The molecule has 2 heterocycles. The Labute approximate surface area is 273 Å². The fourth-order valence-electron chi connectivity index (χ4n) is 6.05. The van der Waals surface area contributed by atoms with E-state index in [4.69, 9.17) is 9.47 Å². The van der Waals surface area contributed by atoms with Crippen LogP contribution in [0.25, 0.3) is 0 Å². The van der Waals surface area contributed by atoms with Gasteiger partial charge in [0, 0.05) is 62.3 Å². The molecule has 11 heteroatoms. The number of anilines is 1. The zero-order valence-corrected chi connectivity index (χ0v) is 27.7. The van der Waals surface area contributed by atoms with Crippen LogP contribution in [-0.4, -0.2) is 95.4 Å². The van der Waals surface area contributed by atoms with E-state index < -0.39 is 6.04 Å². The third kappa shape index (κ3) is 9.90. The number of carbonyl (C=O) groups is 3. The van der Waals surface area contributed by atoms with Crippen LogP contribution in [0.3, 0.4) is 0 Å². The number of carbonyl (C=O) groups excluding carboxylic acids is 3. The smallest absolute Gasteiger partial charge is 0.317 e. The molecule has 0 bridgehead atoms. The number of hydrogen-bond acceptors (Lipinski definition) is 7. The van der Waals surface area contributed by atoms with Gasteiger partial charge in [-0.1, -0.05) is 26.2 Å². The molecule has 0 unspecified atom stereocenters. The number of fused-ring (bicyclic) bond motifs is 1. The highest BCUT2D eigenvalue weighted by molar-refractivity contribution is 6.05. The summed E-state index contributed by atoms with van der Waals surface area (Å²) in [6.07, 6.45) is 10.6. The number of benzene rings is 1. The molecule has 2 aliphatic rings. The number of pyridine rings is 1. The van der Waals surface area contributed by atoms with Crippen molar-refractivity contribution < 1.29 is 29.0 Å². The van der Waals surface area contributed by atoms with E-state index in [0.29, 0.717) is 35.7 Å². The number of urea groups is 1. The topological polar surface area (TPSA) is 133 Å². The Morgan fingerprint density at radius 3 is 2.50 bits per heavy atom. The second-order valence-electron chi connectivity index (χ2n) is 12.9. The van der Waals surface area contributed by atoms with E-state index in [1.165, 1.54) is 6.42 Å². The van der Waals surface area contributed by atoms with Crippen molar-refractivity contribution in [3.05, 3.63) is 53.9 Å². The largest absolute Gasteiger partial charge is 0.490 e. The van der Waals surface area contributed by atoms with Gasteiger partial charge in [0.05, 0.1) is 30.4 Å². The Kier molecular flexibility index (Phi) is 13.2. The molecule has 4 rings (SSSR count). The molecule has 4 amide bonds. The first kappa shape index (κ1) is 35.2. The number of nitrogens with zero attached hydrogens (tertiary/aromatic N) is 3. The van der Waals surface area contributed by atoms with Gasteiger partial charge in [0.15, 0.2) is 0 Å². The predicted octanol–water partition coefficient (Wildman–Crippen LogP) is 5.10. The number of likely N-dealkylation sites (N-methyl/N-ethyl adjacent to an activating group) is 1. The highest BCUT2D eigenvalue weighted by Crippen LogP contribution is 2.29. The van der Waals surface area contributed by atoms with Crippen LogP contribution >= 0.6 is 0 Å². The highest BCUT2D eigenvalue weighted by Gasteiger charge is 2.31. The van der Waals surface area contributed by atoms with Crippen LogP contribution in [-0.2, 0) is 4.74 Å². The van der Waals surface area contributed by atoms with Gasteiger partial charge < -0.3 is 35.0 Å². The maximum atomic E-state index is 14.3. The minimum Gasteiger partial charge on any atom is -0.490 e. The average molecular weight is 638 g/mol. The second kappa shape index (κ2) is 17.3. The third-order valence-corrected chi connectivity index (χ3v) is 8.99. The van der Waals surface area contributed by atoms with Crippen molar-refractivity contribution in [2.75, 3.05) is 38.7 Å². The van der Waals surface area contributed by atoms with Gasteiger partial charge in [-0.2, -0.15) is 0 Å². The summed E-state index contributed by atoms with van der Waals surface area (Å²) in [4.78, 5) is 47.6. The zero-order chi connectivity index (χ0) is 33.1. The first-order valence-corrected chi connectivity index (χ1v) is 16.7. The van der Waals surface area contributed by atoms with Crippen LogP contribution in [0.1, 0.15) is 92.9 Å². The monoisotopic (exact) mass is 637 g/mol. The predicted molar refractivity (Wildman–Crippen MR) is 177 cm³/mol. The number of hydrogen-bond donors (Lipinski definition) is 3. The van der Waals surface area contributed by atoms with E-state index in [2.05, 4.69) is 15.6 Å². The van der Waals surface area contributed by atoms with Crippen molar-refractivity contribution in [1.29, 1.82) is 0 Å². The van der Waals surface area contributed by atoms with Gasteiger partial charge in [0.1, 0.15) is 5.75 Å². The van der Waals surface area contributed by atoms with E-state index in [9.17, 15) is 19.5 Å². The number of rotatable bonds is 7. The van der Waals surface area contributed by atoms with Crippen LogP contribution in [0.2, 0.25) is 0 Å². The number of nitrogens with one attached hydrogen (secondary N) is 2. The molecule has 4 atom stereocenters. The number of amides is 4. The molecule has 1 aliphatic heterocycles. The lowest BCUT2D eigenvalue weighted by Crippen LogP contribution is -2.50. The van der Waals surface area contributed by atoms with Crippen molar-refractivity contribution >= 4 is 23.5 Å². The zero-order valence-electron chi connectivity index (χ0n) is 27.7. The quantitative estimate of drug-likeness (QED) is 0.385. The van der Waals surface area contributed by atoms with Gasteiger partial charge in [-0.15, -0.1) is 0 Å². The van der Waals surface area contributed by atoms with Crippen molar-refractivity contribution in [2.24, 2.45) is 5.92 Å². The van der Waals surface area contributed by atoms with Crippen molar-refractivity contribution in [1.82, 2.24) is 20.1 Å². The molecule has 0 saturated heterocycles. The molecule has 1 aromatic carbocycles. The SMILES string of the molecule is C[C@@H]1CCCCO[C@@H](CN(C)C(=O)NC2CCCCC2)[C@H](C)CN([C@@H](C)CO)C(=O)c2cc(NC(=O)c3ccncc3)ccc2O1. The first-order chi connectivity index (χ1) is 22.2. The summed E-state index contributed by atoms with van der Waals surface area (Å²) < 4.78 is 12.7. The maximum absolute atomic E-state index is 14.3. The number of aliphatic hydroxyl groups excluding tert-OH is 1. The summed E-state index contributed by atoms with van der Waals surface area (Å²) in [5, 5.41) is 16.3. The van der Waals surface area contributed by atoms with E-state index >= 15 is 0 Å². The molecule has 0 spiro atoms. The number of aliphatic hydroxyl groups is 1. The Bertz CT molecular complexity index is 1290. The molecule has 11 nitrogen and oxygen atoms in total. The summed E-state index contributed by atoms with van der Waals surface area (Å²) in [6, 6.07) is 7.90. The van der Waals surface area contributed by atoms with Gasteiger partial charge in [-0.05, 0) is 76.3 Å². The summed E-state index contributed by atoms with van der Waals surface area (Å²) >= 11 is 0. The van der Waals surface area contributed by atoms with E-state index in [1.54, 1.807) is 66.5 Å². The lowest BCUT2D eigenvalue weighted by Gasteiger charge is -2.36. The Balaban J connectivity index is 1.58. The van der Waals surface area contributed by atoms with Gasteiger partial charge in [0.2, 0.25) is 0 Å². The van der Waals surface area contributed by atoms with Crippen LogP contribution in [0.4, 0.5) is 10.5 Å². The molecule has 46 heavy (non-hydrogen) atoms. The average Bonchev–Trinajstić information content (AvgIpc) is 3.06. The van der Waals surface area contributed by atoms with Gasteiger partial charge >= 0.3 is 6.03 Å². The lowest BCUT2D eigenvalue weighted by atomic mass is 9.96. The normalized spacial score (nSPS) is 22.5. The molecule has 2 aromatic rings. The van der Waals surface area contributed by atoms with Crippen LogP contribution in [0.15, 0.2) is 42.7 Å². The Morgan fingerprint density at radius 2 is 1.78 bits per heavy atom. The van der Waals surface area contributed by atoms with Gasteiger partial charge in [-0.3, -0.25) is 14.6 Å². The minimum absolute atomic E-state index is 0.111. The van der Waals surface area contributed by atoms with Gasteiger partial charge in [-0.25, -0.2) is 4.79 Å². The van der Waals surface area contributed by atoms with Crippen LogP contribution < -0.4 is 15.4 Å². The van der Waals surface area contributed by atoms with E-state index in [-0.39, 0.29) is 55.2 Å². The molecule has 1 fully saturated rings.